The van der Waals surface area contributed by atoms with Crippen LogP contribution in [0.3, 0.4) is 0 Å². The van der Waals surface area contributed by atoms with Gasteiger partial charge in [0.2, 0.25) is 0 Å². The lowest BCUT2D eigenvalue weighted by molar-refractivity contribution is -0.914. The Kier molecular flexibility index (Phi) is 6.57. The Labute approximate surface area is 168 Å². The SMILES string of the molecule is COc1ccc(N2CC[NH+]([C@@H](C)C(=O)Nc3ccc(C(C)C)cc3)CC2)cc1. The molecule has 0 saturated carbocycles. The van der Waals surface area contributed by atoms with Crippen LogP contribution in [0, 0.1) is 0 Å². The Morgan fingerprint density at radius 1 is 1.00 bits per heavy atom. The van der Waals surface area contributed by atoms with Crippen LogP contribution in [0.2, 0.25) is 0 Å². The molecular weight excluding hydrogens is 350 g/mol. The Morgan fingerprint density at radius 3 is 2.14 bits per heavy atom. The van der Waals surface area contributed by atoms with E-state index >= 15 is 0 Å². The first kappa shape index (κ1) is 20.2. The van der Waals surface area contributed by atoms with Gasteiger partial charge >= 0.3 is 0 Å². The minimum atomic E-state index is -0.0669. The fourth-order valence-corrected chi connectivity index (χ4v) is 3.67. The summed E-state index contributed by atoms with van der Waals surface area (Å²) in [5.74, 6) is 1.46. The summed E-state index contributed by atoms with van der Waals surface area (Å²) >= 11 is 0. The molecule has 2 aromatic rings. The highest BCUT2D eigenvalue weighted by Crippen LogP contribution is 2.19. The molecule has 2 aromatic carbocycles. The Balaban J connectivity index is 1.52. The van der Waals surface area contributed by atoms with Crippen LogP contribution in [-0.4, -0.2) is 45.2 Å². The number of carbonyl (C=O) groups is 1. The Bertz CT molecular complexity index is 763. The van der Waals surface area contributed by atoms with Crippen molar-refractivity contribution in [2.75, 3.05) is 43.5 Å². The summed E-state index contributed by atoms with van der Waals surface area (Å²) in [6.07, 6.45) is 0. The van der Waals surface area contributed by atoms with Crippen molar-refractivity contribution in [2.24, 2.45) is 0 Å². The van der Waals surface area contributed by atoms with E-state index in [-0.39, 0.29) is 11.9 Å². The summed E-state index contributed by atoms with van der Waals surface area (Å²) in [4.78, 5) is 16.4. The van der Waals surface area contributed by atoms with Crippen molar-refractivity contribution in [3.8, 4) is 5.75 Å². The predicted octanol–water partition coefficient (Wildman–Crippen LogP) is 2.55. The van der Waals surface area contributed by atoms with Crippen molar-refractivity contribution >= 4 is 17.3 Å². The van der Waals surface area contributed by atoms with Crippen molar-refractivity contribution in [3.63, 3.8) is 0 Å². The lowest BCUT2D eigenvalue weighted by Gasteiger charge is -2.36. The molecule has 0 spiro atoms. The largest absolute Gasteiger partial charge is 0.497 e. The van der Waals surface area contributed by atoms with E-state index in [0.717, 1.165) is 37.6 Å². The number of carbonyl (C=O) groups excluding carboxylic acids is 1. The van der Waals surface area contributed by atoms with E-state index < -0.39 is 0 Å². The minimum Gasteiger partial charge on any atom is -0.497 e. The number of amides is 1. The first-order valence-corrected chi connectivity index (χ1v) is 10.1. The summed E-state index contributed by atoms with van der Waals surface area (Å²) in [6.45, 7) is 10.2. The van der Waals surface area contributed by atoms with E-state index in [4.69, 9.17) is 4.74 Å². The van der Waals surface area contributed by atoms with Gasteiger partial charge in [0, 0.05) is 11.4 Å². The van der Waals surface area contributed by atoms with Crippen LogP contribution >= 0.6 is 0 Å². The van der Waals surface area contributed by atoms with Gasteiger partial charge in [0.05, 0.1) is 33.3 Å². The standard InChI is InChI=1S/C23H31N3O2/c1-17(2)19-5-7-20(8-6-19)24-23(27)18(3)25-13-15-26(16-14-25)21-9-11-22(28-4)12-10-21/h5-12,17-18H,13-16H2,1-4H3,(H,24,27)/p+1/t18-/m0/s1. The number of benzene rings is 2. The van der Waals surface area contributed by atoms with Crippen molar-refractivity contribution in [2.45, 2.75) is 32.7 Å². The molecule has 3 rings (SSSR count). The van der Waals surface area contributed by atoms with E-state index in [1.54, 1.807) is 7.11 Å². The molecule has 1 aliphatic rings. The number of hydrogen-bond donors (Lipinski definition) is 2. The molecule has 0 unspecified atom stereocenters. The molecule has 1 saturated heterocycles. The maximum absolute atomic E-state index is 12.7. The van der Waals surface area contributed by atoms with Gasteiger partial charge in [-0.3, -0.25) is 4.79 Å². The average Bonchev–Trinajstić information content (AvgIpc) is 2.73. The van der Waals surface area contributed by atoms with E-state index in [1.165, 1.54) is 16.2 Å². The fourth-order valence-electron chi connectivity index (χ4n) is 3.67. The van der Waals surface area contributed by atoms with E-state index in [1.807, 2.05) is 31.2 Å². The normalized spacial score (nSPS) is 16.1. The van der Waals surface area contributed by atoms with Gasteiger partial charge in [0.1, 0.15) is 5.75 Å². The van der Waals surface area contributed by atoms with Gasteiger partial charge in [-0.05, 0) is 54.8 Å². The second-order valence-corrected chi connectivity index (χ2v) is 7.83. The summed E-state index contributed by atoms with van der Waals surface area (Å²) in [7, 11) is 1.68. The highest BCUT2D eigenvalue weighted by molar-refractivity contribution is 5.93. The second kappa shape index (κ2) is 9.11. The molecule has 150 valence electrons. The molecular formula is C23H32N3O2+. The maximum atomic E-state index is 12.7. The Hall–Kier alpha value is -2.53. The highest BCUT2D eigenvalue weighted by atomic mass is 16.5. The molecule has 0 aliphatic carbocycles. The summed E-state index contributed by atoms with van der Waals surface area (Å²) in [5.41, 5.74) is 3.37. The number of anilines is 2. The van der Waals surface area contributed by atoms with Crippen LogP contribution in [-0.2, 0) is 4.79 Å². The molecule has 0 aromatic heterocycles. The number of nitrogens with one attached hydrogen (secondary N) is 2. The number of ether oxygens (including phenoxy) is 1. The predicted molar refractivity (Wildman–Crippen MR) is 115 cm³/mol. The van der Waals surface area contributed by atoms with Crippen molar-refractivity contribution in [1.82, 2.24) is 0 Å². The number of hydrogen-bond acceptors (Lipinski definition) is 3. The third kappa shape index (κ3) is 4.84. The van der Waals surface area contributed by atoms with E-state index in [2.05, 4.69) is 48.3 Å². The zero-order chi connectivity index (χ0) is 20.1. The summed E-state index contributed by atoms with van der Waals surface area (Å²) in [5, 5.41) is 3.07. The van der Waals surface area contributed by atoms with Crippen LogP contribution in [0.4, 0.5) is 11.4 Å². The zero-order valence-electron chi connectivity index (χ0n) is 17.4. The third-order valence-corrected chi connectivity index (χ3v) is 5.69. The van der Waals surface area contributed by atoms with Crippen molar-refractivity contribution < 1.29 is 14.4 Å². The lowest BCUT2D eigenvalue weighted by atomic mass is 10.0. The zero-order valence-corrected chi connectivity index (χ0v) is 17.4. The van der Waals surface area contributed by atoms with Gasteiger partial charge in [-0.2, -0.15) is 0 Å². The van der Waals surface area contributed by atoms with Gasteiger partial charge in [-0.15, -0.1) is 0 Å². The summed E-state index contributed by atoms with van der Waals surface area (Å²) < 4.78 is 5.23. The molecule has 2 N–H and O–H groups in total. The molecule has 1 fully saturated rings. The van der Waals surface area contributed by atoms with Crippen LogP contribution in [0.5, 0.6) is 5.75 Å². The van der Waals surface area contributed by atoms with Crippen molar-refractivity contribution in [1.29, 1.82) is 0 Å². The third-order valence-electron chi connectivity index (χ3n) is 5.69. The number of piperazine rings is 1. The fraction of sp³-hybridized carbons (Fsp3) is 0.435. The van der Waals surface area contributed by atoms with Gasteiger partial charge < -0.3 is 19.9 Å². The van der Waals surface area contributed by atoms with Gasteiger partial charge in [0.15, 0.2) is 6.04 Å². The molecule has 1 aliphatic heterocycles. The second-order valence-electron chi connectivity index (χ2n) is 7.83. The molecule has 1 heterocycles. The van der Waals surface area contributed by atoms with Gasteiger partial charge in [-0.1, -0.05) is 26.0 Å². The van der Waals surface area contributed by atoms with E-state index in [0.29, 0.717) is 5.92 Å². The molecule has 0 bridgehead atoms. The topological polar surface area (TPSA) is 46.0 Å². The highest BCUT2D eigenvalue weighted by Gasteiger charge is 2.29. The lowest BCUT2D eigenvalue weighted by Crippen LogP contribution is -3.19. The van der Waals surface area contributed by atoms with E-state index in [9.17, 15) is 4.79 Å². The molecule has 1 atom stereocenters. The van der Waals surface area contributed by atoms with Crippen LogP contribution < -0.4 is 19.9 Å². The maximum Gasteiger partial charge on any atom is 0.282 e. The van der Waals surface area contributed by atoms with Gasteiger partial charge in [0.25, 0.3) is 5.91 Å². The van der Waals surface area contributed by atoms with Crippen LogP contribution in [0.25, 0.3) is 0 Å². The Morgan fingerprint density at radius 2 is 1.61 bits per heavy atom. The molecule has 5 nitrogen and oxygen atoms in total. The molecule has 0 radical (unpaired) electrons. The van der Waals surface area contributed by atoms with Crippen LogP contribution in [0.15, 0.2) is 48.5 Å². The first-order chi connectivity index (χ1) is 13.5. The smallest absolute Gasteiger partial charge is 0.282 e. The number of nitrogens with zero attached hydrogens (tertiary/aromatic N) is 1. The van der Waals surface area contributed by atoms with Gasteiger partial charge in [-0.25, -0.2) is 0 Å². The number of quaternary nitrogens is 1. The molecule has 1 amide bonds. The molecule has 28 heavy (non-hydrogen) atoms. The number of methoxy groups -OCH3 is 1. The first-order valence-electron chi connectivity index (χ1n) is 10.1. The van der Waals surface area contributed by atoms with Crippen molar-refractivity contribution in [3.05, 3.63) is 54.1 Å². The van der Waals surface area contributed by atoms with Crippen LogP contribution in [0.1, 0.15) is 32.3 Å². The minimum absolute atomic E-state index is 0.0669. The number of rotatable bonds is 6. The average molecular weight is 383 g/mol. The quantitative estimate of drug-likeness (QED) is 0.807. The monoisotopic (exact) mass is 382 g/mol. The summed E-state index contributed by atoms with van der Waals surface area (Å²) in [6, 6.07) is 16.3. The molecule has 5 heteroatoms.